The molecule has 1 aliphatic rings. The highest BCUT2D eigenvalue weighted by Gasteiger charge is 2.29. The molecule has 0 heterocycles. The third-order valence-electron chi connectivity index (χ3n) is 1.92. The van der Waals surface area contributed by atoms with E-state index in [0.717, 1.165) is 0 Å². The molecule has 0 bridgehead atoms. The fourth-order valence-electron chi connectivity index (χ4n) is 1.09. The number of allylic oxidation sites excluding steroid dienone is 1. The van der Waals surface area contributed by atoms with Gasteiger partial charge < -0.3 is 0 Å². The standard InChI is InChI=1S/C7H9NO3/c1-5(8(10)11)6-2-3-7(9)4-6/h2-3,5-6H,4H2,1H3. The maximum Gasteiger partial charge on any atom is 0.217 e. The molecule has 0 aromatic rings. The van der Waals surface area contributed by atoms with E-state index in [1.54, 1.807) is 6.08 Å². The van der Waals surface area contributed by atoms with Crippen LogP contribution in [0.3, 0.4) is 0 Å². The summed E-state index contributed by atoms with van der Waals surface area (Å²) in [5.74, 6) is -0.207. The summed E-state index contributed by atoms with van der Waals surface area (Å²) in [5, 5.41) is 10.3. The SMILES string of the molecule is CC(C1C=CC(=O)C1)[N+](=O)[O-]. The Morgan fingerprint density at radius 3 is 2.82 bits per heavy atom. The van der Waals surface area contributed by atoms with Crippen molar-refractivity contribution in [1.82, 2.24) is 0 Å². The van der Waals surface area contributed by atoms with Crippen molar-refractivity contribution in [3.63, 3.8) is 0 Å². The summed E-state index contributed by atoms with van der Waals surface area (Å²) < 4.78 is 0. The van der Waals surface area contributed by atoms with Crippen LogP contribution in [0.2, 0.25) is 0 Å². The molecule has 0 amide bonds. The molecule has 0 aromatic heterocycles. The van der Waals surface area contributed by atoms with Crippen LogP contribution in [-0.2, 0) is 4.79 Å². The molecule has 0 saturated carbocycles. The number of nitro groups is 1. The zero-order valence-corrected chi connectivity index (χ0v) is 6.19. The topological polar surface area (TPSA) is 60.2 Å². The van der Waals surface area contributed by atoms with Gasteiger partial charge in [0.15, 0.2) is 5.78 Å². The van der Waals surface area contributed by atoms with Crippen LogP contribution in [0.25, 0.3) is 0 Å². The first-order chi connectivity index (χ1) is 5.11. The number of nitrogens with zero attached hydrogens (tertiary/aromatic N) is 1. The average molecular weight is 155 g/mol. The number of rotatable bonds is 2. The van der Waals surface area contributed by atoms with E-state index in [9.17, 15) is 14.9 Å². The Kier molecular flexibility index (Phi) is 2.03. The second kappa shape index (κ2) is 2.82. The Hall–Kier alpha value is -1.19. The van der Waals surface area contributed by atoms with Gasteiger partial charge in [0.1, 0.15) is 0 Å². The Morgan fingerprint density at radius 2 is 2.45 bits per heavy atom. The number of carbonyl (C=O) groups is 1. The molecule has 0 N–H and O–H groups in total. The van der Waals surface area contributed by atoms with E-state index < -0.39 is 6.04 Å². The smallest absolute Gasteiger partial charge is 0.217 e. The first-order valence-electron chi connectivity index (χ1n) is 3.46. The maximum atomic E-state index is 10.7. The molecule has 0 fully saturated rings. The third-order valence-corrected chi connectivity index (χ3v) is 1.92. The lowest BCUT2D eigenvalue weighted by atomic mass is 10.0. The van der Waals surface area contributed by atoms with Crippen LogP contribution in [0.15, 0.2) is 12.2 Å². The van der Waals surface area contributed by atoms with E-state index in [4.69, 9.17) is 0 Å². The van der Waals surface area contributed by atoms with Crippen molar-refractivity contribution in [3.05, 3.63) is 22.3 Å². The Bertz CT molecular complexity index is 222. The normalized spacial score (nSPS) is 25.5. The van der Waals surface area contributed by atoms with E-state index in [2.05, 4.69) is 0 Å². The summed E-state index contributed by atoms with van der Waals surface area (Å²) in [6.07, 6.45) is 3.34. The highest BCUT2D eigenvalue weighted by atomic mass is 16.6. The summed E-state index contributed by atoms with van der Waals surface area (Å²) in [6, 6.07) is -0.641. The van der Waals surface area contributed by atoms with E-state index in [1.165, 1.54) is 13.0 Å². The Morgan fingerprint density at radius 1 is 1.82 bits per heavy atom. The lowest BCUT2D eigenvalue weighted by Gasteiger charge is -2.07. The van der Waals surface area contributed by atoms with Gasteiger partial charge in [-0.3, -0.25) is 14.9 Å². The zero-order valence-electron chi connectivity index (χ0n) is 6.19. The fraction of sp³-hybridized carbons (Fsp3) is 0.571. The molecular weight excluding hydrogens is 146 g/mol. The quantitative estimate of drug-likeness (QED) is 0.437. The molecule has 2 unspecified atom stereocenters. The molecule has 1 rings (SSSR count). The van der Waals surface area contributed by atoms with Gasteiger partial charge in [0, 0.05) is 18.3 Å². The maximum absolute atomic E-state index is 10.7. The minimum atomic E-state index is -0.641. The van der Waals surface area contributed by atoms with Gasteiger partial charge in [-0.15, -0.1) is 0 Å². The molecule has 4 heteroatoms. The van der Waals surface area contributed by atoms with Crippen molar-refractivity contribution in [1.29, 1.82) is 0 Å². The number of hydrogen-bond acceptors (Lipinski definition) is 3. The van der Waals surface area contributed by atoms with Gasteiger partial charge in [-0.1, -0.05) is 6.08 Å². The van der Waals surface area contributed by atoms with Gasteiger partial charge in [0.25, 0.3) is 0 Å². The average Bonchev–Trinajstić information content (AvgIpc) is 2.34. The van der Waals surface area contributed by atoms with E-state index in [0.29, 0.717) is 6.42 Å². The Balaban J connectivity index is 2.57. The number of hydrogen-bond donors (Lipinski definition) is 0. The van der Waals surface area contributed by atoms with Crippen LogP contribution in [0, 0.1) is 16.0 Å². The minimum Gasteiger partial charge on any atom is -0.295 e. The summed E-state index contributed by atoms with van der Waals surface area (Å²) in [5.41, 5.74) is 0. The highest BCUT2D eigenvalue weighted by molar-refractivity contribution is 5.92. The van der Waals surface area contributed by atoms with E-state index in [1.807, 2.05) is 0 Å². The molecule has 0 aromatic carbocycles. The molecule has 11 heavy (non-hydrogen) atoms. The second-order valence-corrected chi connectivity index (χ2v) is 2.72. The molecule has 0 spiro atoms. The van der Waals surface area contributed by atoms with Crippen LogP contribution >= 0.6 is 0 Å². The molecule has 0 saturated heterocycles. The van der Waals surface area contributed by atoms with Gasteiger partial charge in [0.05, 0.1) is 5.92 Å². The van der Waals surface area contributed by atoms with Crippen LogP contribution < -0.4 is 0 Å². The van der Waals surface area contributed by atoms with Crippen LogP contribution in [0.5, 0.6) is 0 Å². The predicted octanol–water partition coefficient (Wildman–Crippen LogP) is 0.797. The molecule has 0 aliphatic heterocycles. The van der Waals surface area contributed by atoms with Crippen LogP contribution in [-0.4, -0.2) is 16.7 Å². The first kappa shape index (κ1) is 7.91. The van der Waals surface area contributed by atoms with Crippen molar-refractivity contribution < 1.29 is 9.72 Å². The van der Waals surface area contributed by atoms with Crippen molar-refractivity contribution in [2.75, 3.05) is 0 Å². The van der Waals surface area contributed by atoms with Gasteiger partial charge in [-0.2, -0.15) is 0 Å². The summed E-state index contributed by atoms with van der Waals surface area (Å²) in [4.78, 5) is 20.6. The van der Waals surface area contributed by atoms with Crippen LogP contribution in [0.1, 0.15) is 13.3 Å². The molecular formula is C7H9NO3. The fourth-order valence-corrected chi connectivity index (χ4v) is 1.09. The zero-order chi connectivity index (χ0) is 8.43. The molecule has 1 aliphatic carbocycles. The molecule has 0 radical (unpaired) electrons. The van der Waals surface area contributed by atoms with Crippen molar-refractivity contribution >= 4 is 5.78 Å². The van der Waals surface area contributed by atoms with Crippen molar-refractivity contribution in [2.24, 2.45) is 5.92 Å². The predicted molar refractivity (Wildman–Crippen MR) is 38.7 cm³/mol. The largest absolute Gasteiger partial charge is 0.295 e. The lowest BCUT2D eigenvalue weighted by Crippen LogP contribution is -2.23. The van der Waals surface area contributed by atoms with E-state index in [-0.39, 0.29) is 16.6 Å². The number of ketones is 1. The molecule has 2 atom stereocenters. The van der Waals surface area contributed by atoms with Gasteiger partial charge in [0.2, 0.25) is 6.04 Å². The van der Waals surface area contributed by atoms with E-state index >= 15 is 0 Å². The van der Waals surface area contributed by atoms with Crippen LogP contribution in [0.4, 0.5) is 0 Å². The lowest BCUT2D eigenvalue weighted by molar-refractivity contribution is -0.524. The second-order valence-electron chi connectivity index (χ2n) is 2.72. The van der Waals surface area contributed by atoms with Crippen molar-refractivity contribution in [3.8, 4) is 0 Å². The summed E-state index contributed by atoms with van der Waals surface area (Å²) in [7, 11) is 0. The monoisotopic (exact) mass is 155 g/mol. The van der Waals surface area contributed by atoms with Gasteiger partial charge in [-0.25, -0.2) is 0 Å². The first-order valence-corrected chi connectivity index (χ1v) is 3.46. The van der Waals surface area contributed by atoms with Gasteiger partial charge in [-0.05, 0) is 6.08 Å². The highest BCUT2D eigenvalue weighted by Crippen LogP contribution is 2.19. The Labute approximate surface area is 64.0 Å². The van der Waals surface area contributed by atoms with Crippen molar-refractivity contribution in [2.45, 2.75) is 19.4 Å². The third kappa shape index (κ3) is 1.63. The van der Waals surface area contributed by atoms with Gasteiger partial charge >= 0.3 is 0 Å². The summed E-state index contributed by atoms with van der Waals surface area (Å²) >= 11 is 0. The molecule has 4 nitrogen and oxygen atoms in total. The summed E-state index contributed by atoms with van der Waals surface area (Å²) in [6.45, 7) is 1.52. The minimum absolute atomic E-state index is 0.0105. The molecule has 60 valence electrons. The number of carbonyl (C=O) groups excluding carboxylic acids is 1.